The summed E-state index contributed by atoms with van der Waals surface area (Å²) in [4.78, 5) is 4.34. The van der Waals surface area contributed by atoms with Gasteiger partial charge in [0, 0.05) is 36.6 Å². The number of nitrogens with one attached hydrogen (secondary N) is 1. The molecule has 1 N–H and O–H groups in total. The standard InChI is InChI=1S/C18H30N2S/c1-2-7-16-13-20(14-17-10-6-11-21-17)18(12-19-16)15-8-4-3-5-9-15/h6,10-11,15-16,18-19H,2-5,7-9,12-14H2,1H3. The average molecular weight is 307 g/mol. The first-order chi connectivity index (χ1) is 10.4. The second kappa shape index (κ2) is 7.75. The van der Waals surface area contributed by atoms with Gasteiger partial charge in [-0.2, -0.15) is 0 Å². The second-order valence-electron chi connectivity index (χ2n) is 6.87. The maximum atomic E-state index is 3.84. The Labute approximate surface area is 133 Å². The lowest BCUT2D eigenvalue weighted by atomic mass is 9.82. The third-order valence-electron chi connectivity index (χ3n) is 5.31. The second-order valence-corrected chi connectivity index (χ2v) is 7.90. The first-order valence-electron chi connectivity index (χ1n) is 8.86. The Morgan fingerprint density at radius 2 is 2.14 bits per heavy atom. The van der Waals surface area contributed by atoms with E-state index in [9.17, 15) is 0 Å². The van der Waals surface area contributed by atoms with E-state index in [2.05, 4.69) is 34.7 Å². The van der Waals surface area contributed by atoms with Crippen LogP contribution in [0.15, 0.2) is 17.5 Å². The van der Waals surface area contributed by atoms with Gasteiger partial charge in [-0.1, -0.05) is 38.7 Å². The highest BCUT2D eigenvalue weighted by atomic mass is 32.1. The van der Waals surface area contributed by atoms with Gasteiger partial charge in [-0.05, 0) is 36.6 Å². The van der Waals surface area contributed by atoms with Crippen LogP contribution in [0.5, 0.6) is 0 Å². The van der Waals surface area contributed by atoms with Crippen LogP contribution in [-0.4, -0.2) is 30.1 Å². The molecule has 21 heavy (non-hydrogen) atoms. The van der Waals surface area contributed by atoms with Gasteiger partial charge in [-0.3, -0.25) is 4.90 Å². The molecule has 2 aliphatic rings. The molecule has 1 saturated carbocycles. The van der Waals surface area contributed by atoms with Gasteiger partial charge in [0.15, 0.2) is 0 Å². The smallest absolute Gasteiger partial charge is 0.0332 e. The summed E-state index contributed by atoms with van der Waals surface area (Å²) in [6, 6.07) is 5.97. The van der Waals surface area contributed by atoms with Crippen molar-refractivity contribution >= 4 is 11.3 Å². The molecule has 118 valence electrons. The van der Waals surface area contributed by atoms with E-state index in [-0.39, 0.29) is 0 Å². The summed E-state index contributed by atoms with van der Waals surface area (Å²) in [5.41, 5.74) is 0. The highest BCUT2D eigenvalue weighted by molar-refractivity contribution is 7.09. The summed E-state index contributed by atoms with van der Waals surface area (Å²) < 4.78 is 0. The molecule has 2 atom stereocenters. The molecule has 1 aliphatic carbocycles. The summed E-state index contributed by atoms with van der Waals surface area (Å²) in [6.45, 7) is 5.92. The average Bonchev–Trinajstić information content (AvgIpc) is 3.02. The van der Waals surface area contributed by atoms with Crippen molar-refractivity contribution in [2.45, 2.75) is 70.5 Å². The van der Waals surface area contributed by atoms with E-state index in [0.29, 0.717) is 6.04 Å². The molecule has 2 unspecified atom stereocenters. The molecular weight excluding hydrogens is 276 g/mol. The fraction of sp³-hybridized carbons (Fsp3) is 0.778. The minimum atomic E-state index is 0.704. The van der Waals surface area contributed by atoms with Gasteiger partial charge in [0.2, 0.25) is 0 Å². The normalized spacial score (nSPS) is 28.8. The fourth-order valence-electron chi connectivity index (χ4n) is 4.21. The summed E-state index contributed by atoms with van der Waals surface area (Å²) in [7, 11) is 0. The number of nitrogens with zero attached hydrogens (tertiary/aromatic N) is 1. The zero-order valence-corrected chi connectivity index (χ0v) is 14.2. The lowest BCUT2D eigenvalue weighted by Crippen LogP contribution is -2.58. The molecule has 1 aromatic heterocycles. The Balaban J connectivity index is 1.67. The van der Waals surface area contributed by atoms with Crippen molar-refractivity contribution in [1.29, 1.82) is 0 Å². The van der Waals surface area contributed by atoms with Crippen LogP contribution in [0.2, 0.25) is 0 Å². The maximum absolute atomic E-state index is 3.84. The molecule has 0 amide bonds. The van der Waals surface area contributed by atoms with E-state index >= 15 is 0 Å². The van der Waals surface area contributed by atoms with Crippen LogP contribution >= 0.6 is 11.3 Å². The summed E-state index contributed by atoms with van der Waals surface area (Å²) in [6.07, 6.45) is 9.87. The van der Waals surface area contributed by atoms with Crippen LogP contribution in [0.4, 0.5) is 0 Å². The molecule has 0 spiro atoms. The van der Waals surface area contributed by atoms with Gasteiger partial charge in [0.25, 0.3) is 0 Å². The Morgan fingerprint density at radius 1 is 1.29 bits per heavy atom. The summed E-state index contributed by atoms with van der Waals surface area (Å²) in [5.74, 6) is 0.925. The molecule has 2 heterocycles. The van der Waals surface area contributed by atoms with Crippen LogP contribution in [0.25, 0.3) is 0 Å². The van der Waals surface area contributed by atoms with Crippen LogP contribution in [0.1, 0.15) is 56.7 Å². The van der Waals surface area contributed by atoms with Gasteiger partial charge in [-0.15, -0.1) is 11.3 Å². The number of rotatable bonds is 5. The van der Waals surface area contributed by atoms with Crippen molar-refractivity contribution in [3.8, 4) is 0 Å². The predicted octanol–water partition coefficient (Wildman–Crippen LogP) is 4.27. The van der Waals surface area contributed by atoms with Gasteiger partial charge < -0.3 is 5.32 Å². The maximum Gasteiger partial charge on any atom is 0.0332 e. The molecule has 0 bridgehead atoms. The minimum absolute atomic E-state index is 0.704. The molecule has 0 aromatic carbocycles. The van der Waals surface area contributed by atoms with E-state index in [4.69, 9.17) is 0 Å². The highest BCUT2D eigenvalue weighted by Gasteiger charge is 2.33. The lowest BCUT2D eigenvalue weighted by Gasteiger charge is -2.45. The lowest BCUT2D eigenvalue weighted by molar-refractivity contribution is 0.0642. The van der Waals surface area contributed by atoms with Gasteiger partial charge in [0.1, 0.15) is 0 Å². The van der Waals surface area contributed by atoms with Crippen LogP contribution < -0.4 is 5.32 Å². The van der Waals surface area contributed by atoms with Crippen molar-refractivity contribution < 1.29 is 0 Å². The third kappa shape index (κ3) is 4.08. The van der Waals surface area contributed by atoms with E-state index < -0.39 is 0 Å². The largest absolute Gasteiger partial charge is 0.311 e. The first kappa shape index (κ1) is 15.5. The molecule has 3 rings (SSSR count). The van der Waals surface area contributed by atoms with Crippen molar-refractivity contribution in [2.75, 3.05) is 13.1 Å². The van der Waals surface area contributed by atoms with Crippen molar-refractivity contribution in [3.63, 3.8) is 0 Å². The fourth-order valence-corrected chi connectivity index (χ4v) is 4.94. The SMILES string of the molecule is CCCC1CN(Cc2cccs2)C(C2CCCCC2)CN1. The zero-order valence-electron chi connectivity index (χ0n) is 13.4. The predicted molar refractivity (Wildman–Crippen MR) is 91.8 cm³/mol. The molecule has 3 heteroatoms. The number of piperazine rings is 1. The summed E-state index contributed by atoms with van der Waals surface area (Å²) in [5, 5.41) is 6.06. The van der Waals surface area contributed by atoms with E-state index in [1.807, 2.05) is 11.3 Å². The van der Waals surface area contributed by atoms with Gasteiger partial charge >= 0.3 is 0 Å². The van der Waals surface area contributed by atoms with E-state index in [1.54, 1.807) is 0 Å². The Morgan fingerprint density at radius 3 is 2.86 bits per heavy atom. The quantitative estimate of drug-likeness (QED) is 0.874. The molecule has 2 fully saturated rings. The van der Waals surface area contributed by atoms with Gasteiger partial charge in [0.05, 0.1) is 0 Å². The molecule has 1 aromatic rings. The molecular formula is C18H30N2S. The molecule has 0 radical (unpaired) electrons. The van der Waals surface area contributed by atoms with E-state index in [0.717, 1.165) is 12.0 Å². The third-order valence-corrected chi connectivity index (χ3v) is 6.17. The van der Waals surface area contributed by atoms with Crippen molar-refractivity contribution in [1.82, 2.24) is 10.2 Å². The van der Waals surface area contributed by atoms with Crippen LogP contribution in [-0.2, 0) is 6.54 Å². The topological polar surface area (TPSA) is 15.3 Å². The highest BCUT2D eigenvalue weighted by Crippen LogP contribution is 2.31. The molecule has 2 nitrogen and oxygen atoms in total. The van der Waals surface area contributed by atoms with Crippen molar-refractivity contribution in [2.24, 2.45) is 5.92 Å². The van der Waals surface area contributed by atoms with Gasteiger partial charge in [-0.25, -0.2) is 0 Å². The first-order valence-corrected chi connectivity index (χ1v) is 9.74. The van der Waals surface area contributed by atoms with Crippen LogP contribution in [0.3, 0.4) is 0 Å². The Hall–Kier alpha value is -0.380. The number of hydrogen-bond donors (Lipinski definition) is 1. The number of hydrogen-bond acceptors (Lipinski definition) is 3. The summed E-state index contributed by atoms with van der Waals surface area (Å²) >= 11 is 1.92. The molecule has 1 aliphatic heterocycles. The monoisotopic (exact) mass is 306 g/mol. The van der Waals surface area contributed by atoms with E-state index in [1.165, 1.54) is 69.5 Å². The molecule has 1 saturated heterocycles. The van der Waals surface area contributed by atoms with Crippen LogP contribution in [0, 0.1) is 5.92 Å². The zero-order chi connectivity index (χ0) is 14.5. The minimum Gasteiger partial charge on any atom is -0.311 e. The van der Waals surface area contributed by atoms with Crippen molar-refractivity contribution in [3.05, 3.63) is 22.4 Å². The number of thiophene rings is 1. The Kier molecular flexibility index (Phi) is 5.73. The Bertz CT molecular complexity index is 397.